The third-order valence-corrected chi connectivity index (χ3v) is 8.10. The van der Waals surface area contributed by atoms with Crippen molar-refractivity contribution in [2.24, 2.45) is 0 Å². The molecule has 2 aromatic heterocycles. The molecule has 0 spiro atoms. The molecule has 1 unspecified atom stereocenters. The van der Waals surface area contributed by atoms with E-state index in [0.29, 0.717) is 40.1 Å². The molecule has 2 aliphatic rings. The Morgan fingerprint density at radius 3 is 2.47 bits per heavy atom. The van der Waals surface area contributed by atoms with Crippen LogP contribution in [0.15, 0.2) is 71.4 Å². The number of ether oxygens (including phenoxy) is 1. The lowest BCUT2D eigenvalue weighted by Gasteiger charge is -2.21. The highest BCUT2D eigenvalue weighted by molar-refractivity contribution is 7.14. The summed E-state index contributed by atoms with van der Waals surface area (Å²) in [6, 6.07) is 18.7. The van der Waals surface area contributed by atoms with E-state index in [-0.39, 0.29) is 30.6 Å². The van der Waals surface area contributed by atoms with Crippen molar-refractivity contribution in [2.75, 3.05) is 11.4 Å². The third-order valence-electron chi connectivity index (χ3n) is 6.36. The van der Waals surface area contributed by atoms with Gasteiger partial charge in [-0.1, -0.05) is 42.5 Å². The summed E-state index contributed by atoms with van der Waals surface area (Å²) in [4.78, 5) is 47.8. The highest BCUT2D eigenvalue weighted by Crippen LogP contribution is 2.38. The number of para-hydroxylation sites is 1. The molecule has 1 atom stereocenters. The Morgan fingerprint density at radius 2 is 1.75 bits per heavy atom. The first-order valence-corrected chi connectivity index (χ1v) is 13.3. The number of benzene rings is 2. The van der Waals surface area contributed by atoms with Gasteiger partial charge >= 0.3 is 0 Å². The number of Topliss-reactive ketones (excluding diaryl/α,β-unsaturated/α-hetero) is 1. The van der Waals surface area contributed by atoms with Crippen LogP contribution in [0.2, 0.25) is 0 Å². The van der Waals surface area contributed by atoms with Gasteiger partial charge in [-0.25, -0.2) is 4.98 Å². The molecule has 4 aromatic rings. The molecule has 0 N–H and O–H groups in total. The topological polar surface area (TPSA) is 79.8 Å². The van der Waals surface area contributed by atoms with Crippen LogP contribution in [0.1, 0.15) is 49.4 Å². The fourth-order valence-corrected chi connectivity index (χ4v) is 6.04. The molecule has 0 fully saturated rings. The fourth-order valence-electron chi connectivity index (χ4n) is 4.50. The smallest absolute Gasteiger partial charge is 0.270 e. The minimum absolute atomic E-state index is 0.0169. The third kappa shape index (κ3) is 4.10. The van der Waals surface area contributed by atoms with Crippen molar-refractivity contribution in [3.8, 4) is 5.75 Å². The normalized spacial score (nSPS) is 15.9. The second kappa shape index (κ2) is 9.33. The lowest BCUT2D eigenvalue weighted by molar-refractivity contribution is -0.131. The molecule has 2 aromatic carbocycles. The Bertz CT molecular complexity index is 1440. The van der Waals surface area contributed by atoms with E-state index in [0.717, 1.165) is 11.1 Å². The Balaban J connectivity index is 1.21. The number of carbonyl (C=O) groups is 3. The average molecular weight is 516 g/mol. The average Bonchev–Trinajstić information content (AvgIpc) is 3.70. The van der Waals surface area contributed by atoms with Gasteiger partial charge in [-0.15, -0.1) is 22.7 Å². The van der Waals surface area contributed by atoms with Crippen molar-refractivity contribution in [1.29, 1.82) is 0 Å². The Kier molecular flexibility index (Phi) is 5.86. The number of fused-ring (bicyclic) bond motifs is 2. The zero-order chi connectivity index (χ0) is 24.6. The van der Waals surface area contributed by atoms with Crippen molar-refractivity contribution < 1.29 is 19.1 Å². The molecule has 6 rings (SSSR count). The first-order valence-electron chi connectivity index (χ1n) is 11.5. The van der Waals surface area contributed by atoms with Crippen molar-refractivity contribution in [2.45, 2.75) is 25.6 Å². The maximum Gasteiger partial charge on any atom is 0.270 e. The van der Waals surface area contributed by atoms with Crippen LogP contribution in [-0.4, -0.2) is 34.0 Å². The number of thiazole rings is 1. The maximum absolute atomic E-state index is 13.4. The molecule has 7 nitrogen and oxygen atoms in total. The summed E-state index contributed by atoms with van der Waals surface area (Å²) in [5.74, 6) is 0.148. The minimum atomic E-state index is -0.837. The number of ketones is 1. The Morgan fingerprint density at radius 1 is 1.00 bits per heavy atom. The lowest BCUT2D eigenvalue weighted by atomic mass is 10.1. The molecule has 36 heavy (non-hydrogen) atoms. The molecule has 2 aliphatic heterocycles. The highest BCUT2D eigenvalue weighted by atomic mass is 32.1. The van der Waals surface area contributed by atoms with Crippen LogP contribution >= 0.6 is 22.7 Å². The van der Waals surface area contributed by atoms with Gasteiger partial charge in [-0.3, -0.25) is 19.3 Å². The molecule has 9 heteroatoms. The van der Waals surface area contributed by atoms with Crippen molar-refractivity contribution in [3.63, 3.8) is 0 Å². The second-order valence-electron chi connectivity index (χ2n) is 8.62. The first kappa shape index (κ1) is 22.6. The fraction of sp³-hybridized carbons (Fsp3) is 0.185. The van der Waals surface area contributed by atoms with E-state index < -0.39 is 6.10 Å². The van der Waals surface area contributed by atoms with E-state index in [1.807, 2.05) is 46.7 Å². The molecular weight excluding hydrogens is 494 g/mol. The summed E-state index contributed by atoms with van der Waals surface area (Å²) in [5, 5.41) is 4.03. The van der Waals surface area contributed by atoms with Gasteiger partial charge in [0.15, 0.2) is 5.13 Å². The van der Waals surface area contributed by atoms with E-state index in [2.05, 4.69) is 4.98 Å². The van der Waals surface area contributed by atoms with Crippen molar-refractivity contribution in [3.05, 3.63) is 98.7 Å². The molecule has 0 saturated heterocycles. The molecule has 0 aliphatic carbocycles. The van der Waals surface area contributed by atoms with Crippen LogP contribution in [-0.2, 0) is 17.9 Å². The van der Waals surface area contributed by atoms with Gasteiger partial charge in [0.05, 0.1) is 10.4 Å². The van der Waals surface area contributed by atoms with Crippen LogP contribution in [0.25, 0.3) is 0 Å². The standard InChI is InChI=1S/C27H21N3O4S2/c31-23(29-14-17-6-1-2-7-18(17)15-29)11-12-30(26(33)22-10-5-13-35-22)27-28-20(16-36-27)25-24(32)19-8-3-4-9-21(19)34-25/h1-10,13,16,25H,11-12,14-15H2. The van der Waals surface area contributed by atoms with Crippen LogP contribution in [0, 0.1) is 0 Å². The summed E-state index contributed by atoms with van der Waals surface area (Å²) >= 11 is 2.61. The first-order chi connectivity index (χ1) is 17.6. The summed E-state index contributed by atoms with van der Waals surface area (Å²) in [6.07, 6.45) is -0.666. The van der Waals surface area contributed by atoms with Gasteiger partial charge in [-0.2, -0.15) is 0 Å². The Labute approximate surface area is 215 Å². The van der Waals surface area contributed by atoms with Crippen LogP contribution in [0.5, 0.6) is 5.75 Å². The number of thiophene rings is 1. The van der Waals surface area contributed by atoms with Crippen LogP contribution < -0.4 is 9.64 Å². The molecule has 2 amide bonds. The molecular formula is C27H21N3O4S2. The number of amides is 2. The number of rotatable bonds is 6. The molecule has 0 saturated carbocycles. The predicted molar refractivity (Wildman–Crippen MR) is 138 cm³/mol. The number of hydrogen-bond donors (Lipinski definition) is 0. The van der Waals surface area contributed by atoms with Gasteiger partial charge in [0.1, 0.15) is 11.4 Å². The van der Waals surface area contributed by atoms with Crippen LogP contribution in [0.3, 0.4) is 0 Å². The van der Waals surface area contributed by atoms with Gasteiger partial charge in [-0.05, 0) is 34.7 Å². The monoisotopic (exact) mass is 515 g/mol. The summed E-state index contributed by atoms with van der Waals surface area (Å²) in [6.45, 7) is 1.35. The summed E-state index contributed by atoms with van der Waals surface area (Å²) in [5.41, 5.74) is 3.30. The van der Waals surface area contributed by atoms with Crippen LogP contribution in [0.4, 0.5) is 5.13 Å². The molecule has 0 bridgehead atoms. The zero-order valence-corrected chi connectivity index (χ0v) is 20.8. The van der Waals surface area contributed by atoms with Gasteiger partial charge in [0.2, 0.25) is 17.8 Å². The highest BCUT2D eigenvalue weighted by Gasteiger charge is 2.36. The van der Waals surface area contributed by atoms with E-state index in [4.69, 9.17) is 4.74 Å². The molecule has 0 radical (unpaired) electrons. The van der Waals surface area contributed by atoms with Gasteiger partial charge < -0.3 is 9.64 Å². The van der Waals surface area contributed by atoms with E-state index in [1.54, 1.807) is 29.6 Å². The number of aromatic nitrogens is 1. The van der Waals surface area contributed by atoms with Gasteiger partial charge in [0.25, 0.3) is 5.91 Å². The van der Waals surface area contributed by atoms with Gasteiger partial charge in [0, 0.05) is 31.4 Å². The summed E-state index contributed by atoms with van der Waals surface area (Å²) < 4.78 is 5.86. The number of carbonyl (C=O) groups excluding carboxylic acids is 3. The van der Waals surface area contributed by atoms with Crippen molar-refractivity contribution >= 4 is 45.4 Å². The lowest BCUT2D eigenvalue weighted by Crippen LogP contribution is -2.35. The van der Waals surface area contributed by atoms with Crippen molar-refractivity contribution in [1.82, 2.24) is 9.88 Å². The zero-order valence-electron chi connectivity index (χ0n) is 19.1. The molecule has 180 valence electrons. The molecule has 4 heterocycles. The van der Waals surface area contributed by atoms with E-state index in [1.165, 1.54) is 27.6 Å². The Hall–Kier alpha value is -3.82. The number of nitrogens with zero attached hydrogens (tertiary/aromatic N) is 3. The second-order valence-corrected chi connectivity index (χ2v) is 10.4. The maximum atomic E-state index is 13.4. The minimum Gasteiger partial charge on any atom is -0.475 e. The number of anilines is 1. The van der Waals surface area contributed by atoms with E-state index in [9.17, 15) is 14.4 Å². The predicted octanol–water partition coefficient (Wildman–Crippen LogP) is 5.10. The largest absolute Gasteiger partial charge is 0.475 e. The van der Waals surface area contributed by atoms with E-state index >= 15 is 0 Å². The summed E-state index contributed by atoms with van der Waals surface area (Å²) in [7, 11) is 0. The quantitative estimate of drug-likeness (QED) is 0.357. The SMILES string of the molecule is O=C1c2ccccc2OC1c1csc(N(CCC(=O)N2Cc3ccccc3C2)C(=O)c2cccs2)n1. The number of hydrogen-bond acceptors (Lipinski definition) is 7.